The second-order valence-corrected chi connectivity index (χ2v) is 9.57. The highest BCUT2D eigenvalue weighted by atomic mass is 32.2. The van der Waals surface area contributed by atoms with Crippen molar-refractivity contribution in [1.29, 1.82) is 0 Å². The molecule has 1 unspecified atom stereocenters. The molecule has 3 heterocycles. The van der Waals surface area contributed by atoms with E-state index in [-0.39, 0.29) is 5.56 Å². The summed E-state index contributed by atoms with van der Waals surface area (Å²) in [7, 11) is 0. The molecule has 32 heavy (non-hydrogen) atoms. The maximum Gasteiger partial charge on any atom is 0.208 e. The Kier molecular flexibility index (Phi) is 6.93. The van der Waals surface area contributed by atoms with Crippen LogP contribution in [-0.2, 0) is 17.8 Å². The number of rotatable bonds is 4. The normalized spacial score (nSPS) is 19.8. The Labute approximate surface area is 195 Å². The minimum Gasteiger partial charge on any atom is -0.311 e. The van der Waals surface area contributed by atoms with Crippen molar-refractivity contribution in [1.82, 2.24) is 10.3 Å². The van der Waals surface area contributed by atoms with Gasteiger partial charge in [0.15, 0.2) is 0 Å². The van der Waals surface area contributed by atoms with Gasteiger partial charge in [-0.1, -0.05) is 74.2 Å². The van der Waals surface area contributed by atoms with Crippen LogP contribution in [0.25, 0.3) is 0 Å². The summed E-state index contributed by atoms with van der Waals surface area (Å²) in [5, 5.41) is 11.3. The number of thiazole rings is 1. The van der Waals surface area contributed by atoms with E-state index in [2.05, 4.69) is 24.4 Å². The van der Waals surface area contributed by atoms with Crippen LogP contribution in [-0.4, -0.2) is 16.6 Å². The van der Waals surface area contributed by atoms with Crippen LogP contribution >= 0.6 is 23.1 Å². The molecule has 0 saturated carbocycles. The molecule has 2 aliphatic heterocycles. The molecule has 0 saturated heterocycles. The Morgan fingerprint density at radius 2 is 1.91 bits per heavy atom. The fourth-order valence-electron chi connectivity index (χ4n) is 3.87. The molecule has 1 N–H and O–H groups in total. The van der Waals surface area contributed by atoms with E-state index in [0.29, 0.717) is 11.5 Å². The fourth-order valence-corrected chi connectivity index (χ4v) is 6.35. The Bertz CT molecular complexity index is 1090. The molecule has 0 radical (unpaired) electrons. The van der Waals surface area contributed by atoms with Crippen molar-refractivity contribution in [3.63, 3.8) is 0 Å². The maximum atomic E-state index is 14.6. The zero-order valence-corrected chi connectivity index (χ0v) is 20.0. The SMILES string of the molecule is CC.CCC1(c2ccccc2)SC(c2cc(F)ccc2F)=NN1c1nc2c(s1)CNCC2. The largest absolute Gasteiger partial charge is 0.311 e. The second kappa shape index (κ2) is 9.68. The van der Waals surface area contributed by atoms with Gasteiger partial charge in [0.2, 0.25) is 5.13 Å². The van der Waals surface area contributed by atoms with E-state index in [0.717, 1.165) is 48.0 Å². The molecule has 2 aromatic carbocycles. The fraction of sp³-hybridized carbons (Fsp3) is 0.333. The van der Waals surface area contributed by atoms with Crippen LogP contribution < -0.4 is 10.3 Å². The molecule has 1 atom stereocenters. The van der Waals surface area contributed by atoms with Crippen molar-refractivity contribution < 1.29 is 8.78 Å². The van der Waals surface area contributed by atoms with Crippen LogP contribution in [0.2, 0.25) is 0 Å². The molecule has 4 nitrogen and oxygen atoms in total. The number of hydrazone groups is 1. The quantitative estimate of drug-likeness (QED) is 0.486. The summed E-state index contributed by atoms with van der Waals surface area (Å²) in [4.78, 5) is 5.51. The molecule has 3 aromatic rings. The first-order valence-corrected chi connectivity index (χ1v) is 12.5. The van der Waals surface area contributed by atoms with Crippen molar-refractivity contribution in [2.24, 2.45) is 5.10 Å². The average molecular weight is 473 g/mol. The minimum atomic E-state index is -0.580. The summed E-state index contributed by atoms with van der Waals surface area (Å²) in [6.07, 6.45) is 1.60. The Morgan fingerprint density at radius 3 is 2.62 bits per heavy atom. The third-order valence-electron chi connectivity index (χ3n) is 5.43. The number of hydrogen-bond acceptors (Lipinski definition) is 6. The first kappa shape index (κ1) is 22.9. The number of anilines is 1. The van der Waals surface area contributed by atoms with Gasteiger partial charge in [0.25, 0.3) is 0 Å². The lowest BCUT2D eigenvalue weighted by Crippen LogP contribution is -2.36. The van der Waals surface area contributed by atoms with Gasteiger partial charge in [0, 0.05) is 30.0 Å². The van der Waals surface area contributed by atoms with Crippen LogP contribution in [0.1, 0.15) is 48.9 Å². The van der Waals surface area contributed by atoms with Gasteiger partial charge in [0.05, 0.1) is 5.69 Å². The lowest BCUT2D eigenvalue weighted by Gasteiger charge is -2.34. The molecule has 0 amide bonds. The van der Waals surface area contributed by atoms with Gasteiger partial charge in [-0.25, -0.2) is 18.8 Å². The van der Waals surface area contributed by atoms with Crippen LogP contribution in [0, 0.1) is 11.6 Å². The molecule has 1 aromatic heterocycles. The van der Waals surface area contributed by atoms with E-state index in [1.54, 1.807) is 11.3 Å². The Morgan fingerprint density at radius 1 is 1.12 bits per heavy atom. The van der Waals surface area contributed by atoms with Crippen LogP contribution in [0.15, 0.2) is 53.6 Å². The van der Waals surface area contributed by atoms with Crippen LogP contribution in [0.5, 0.6) is 0 Å². The number of halogens is 2. The molecule has 2 aliphatic rings. The van der Waals surface area contributed by atoms with E-state index < -0.39 is 16.5 Å². The number of nitrogens with one attached hydrogen (secondary N) is 1. The van der Waals surface area contributed by atoms with Crippen molar-refractivity contribution in [3.05, 3.63) is 81.9 Å². The summed E-state index contributed by atoms with van der Waals surface area (Å²) in [6, 6.07) is 13.6. The zero-order valence-electron chi connectivity index (χ0n) is 18.4. The molecule has 0 aliphatic carbocycles. The number of nitrogens with zero attached hydrogens (tertiary/aromatic N) is 3. The monoisotopic (exact) mass is 472 g/mol. The van der Waals surface area contributed by atoms with Crippen molar-refractivity contribution >= 4 is 33.3 Å². The summed E-state index contributed by atoms with van der Waals surface area (Å²) in [6.45, 7) is 7.79. The summed E-state index contributed by atoms with van der Waals surface area (Å²) in [5.74, 6) is -0.962. The van der Waals surface area contributed by atoms with Gasteiger partial charge in [-0.3, -0.25) is 0 Å². The highest BCUT2D eigenvalue weighted by Gasteiger charge is 2.47. The highest BCUT2D eigenvalue weighted by Crippen LogP contribution is 2.52. The molecule has 168 valence electrons. The van der Waals surface area contributed by atoms with Gasteiger partial charge in [-0.05, 0) is 30.2 Å². The molecule has 0 bridgehead atoms. The van der Waals surface area contributed by atoms with Crippen molar-refractivity contribution in [3.8, 4) is 0 Å². The lowest BCUT2D eigenvalue weighted by atomic mass is 10.0. The molecule has 0 spiro atoms. The zero-order chi connectivity index (χ0) is 22.7. The molecule has 8 heteroatoms. The summed E-state index contributed by atoms with van der Waals surface area (Å²) in [5.41, 5.74) is 2.33. The number of aromatic nitrogens is 1. The average Bonchev–Trinajstić information content (AvgIpc) is 3.44. The van der Waals surface area contributed by atoms with Crippen LogP contribution in [0.3, 0.4) is 0 Å². The first-order valence-electron chi connectivity index (χ1n) is 10.9. The smallest absolute Gasteiger partial charge is 0.208 e. The van der Waals surface area contributed by atoms with E-state index in [1.165, 1.54) is 22.7 Å². The first-order chi connectivity index (χ1) is 15.6. The molecular formula is C24H26F2N4S2. The number of hydrogen-bond donors (Lipinski definition) is 1. The Balaban J connectivity index is 0.00000119. The van der Waals surface area contributed by atoms with Crippen LogP contribution in [0.4, 0.5) is 13.9 Å². The predicted molar refractivity (Wildman–Crippen MR) is 130 cm³/mol. The second-order valence-electron chi connectivity index (χ2n) is 7.24. The van der Waals surface area contributed by atoms with Gasteiger partial charge in [-0.15, -0.1) is 0 Å². The summed E-state index contributed by atoms with van der Waals surface area (Å²) < 4.78 is 28.5. The molecular weight excluding hydrogens is 446 g/mol. The van der Waals surface area contributed by atoms with Gasteiger partial charge in [0.1, 0.15) is 21.5 Å². The molecule has 0 fully saturated rings. The third-order valence-corrected chi connectivity index (χ3v) is 8.04. The van der Waals surface area contributed by atoms with E-state index in [4.69, 9.17) is 10.1 Å². The Hall–Kier alpha value is -2.29. The maximum absolute atomic E-state index is 14.6. The van der Waals surface area contributed by atoms with Gasteiger partial charge < -0.3 is 5.32 Å². The summed E-state index contributed by atoms with van der Waals surface area (Å²) >= 11 is 3.07. The highest BCUT2D eigenvalue weighted by molar-refractivity contribution is 8.15. The van der Waals surface area contributed by atoms with Crippen molar-refractivity contribution in [2.75, 3.05) is 11.6 Å². The van der Waals surface area contributed by atoms with Gasteiger partial charge >= 0.3 is 0 Å². The van der Waals surface area contributed by atoms with Crippen molar-refractivity contribution in [2.45, 2.75) is 45.0 Å². The number of fused-ring (bicyclic) bond motifs is 1. The minimum absolute atomic E-state index is 0.180. The number of benzene rings is 2. The topological polar surface area (TPSA) is 40.5 Å². The van der Waals surface area contributed by atoms with E-state index in [1.807, 2.05) is 37.1 Å². The molecule has 5 rings (SSSR count). The number of thioether (sulfide) groups is 1. The standard InChI is InChI=1S/C22H20F2N4S2.C2H6/c1-2-22(14-6-4-3-5-7-14)28(21-26-18-10-11-25-13-19(18)29-21)27-20(30-22)16-12-15(23)8-9-17(16)24;1-2/h3-9,12,25H,2,10-11,13H2,1H3;1-2H3. The van der Waals surface area contributed by atoms with Gasteiger partial charge in [-0.2, -0.15) is 5.10 Å². The predicted octanol–water partition coefficient (Wildman–Crippen LogP) is 6.27. The van der Waals surface area contributed by atoms with E-state index >= 15 is 0 Å². The third kappa shape index (κ3) is 4.07. The lowest BCUT2D eigenvalue weighted by molar-refractivity contribution is 0.571. The van der Waals surface area contributed by atoms with E-state index in [9.17, 15) is 8.78 Å².